The number of urea groups is 1. The number of ether oxygens (including phenoxy) is 1. The van der Waals surface area contributed by atoms with E-state index in [1.165, 1.54) is 24.3 Å². The smallest absolute Gasteiger partial charge is 0.335 e. The molecule has 1 saturated heterocycles. The monoisotopic (exact) mass is 450 g/mol. The van der Waals surface area contributed by atoms with Gasteiger partial charge in [-0.3, -0.25) is 14.9 Å². The zero-order chi connectivity index (χ0) is 22.7. The fourth-order valence-corrected chi connectivity index (χ4v) is 3.31. The fourth-order valence-electron chi connectivity index (χ4n) is 3.13. The van der Waals surface area contributed by atoms with E-state index in [4.69, 9.17) is 16.3 Å². The molecular weight excluding hydrogens is 435 g/mol. The lowest BCUT2D eigenvalue weighted by Crippen LogP contribution is -2.54. The molecule has 160 valence electrons. The second-order valence-electron chi connectivity index (χ2n) is 6.93. The van der Waals surface area contributed by atoms with E-state index >= 15 is 0 Å². The summed E-state index contributed by atoms with van der Waals surface area (Å²) in [4.78, 5) is 38.3. The molecule has 1 aliphatic rings. The minimum atomic E-state index is -0.847. The predicted octanol–water partition coefficient (Wildman–Crippen LogP) is 4.72. The van der Waals surface area contributed by atoms with Crippen molar-refractivity contribution < 1.29 is 23.5 Å². The molecule has 3 aromatic rings. The van der Waals surface area contributed by atoms with Crippen LogP contribution in [0.4, 0.5) is 14.9 Å². The molecule has 8 heteroatoms. The van der Waals surface area contributed by atoms with Crippen molar-refractivity contribution in [2.24, 2.45) is 0 Å². The number of hydrogen-bond donors (Lipinski definition) is 1. The number of nitrogens with zero attached hydrogens (tertiary/aromatic N) is 1. The first-order valence-electron chi connectivity index (χ1n) is 9.55. The van der Waals surface area contributed by atoms with Gasteiger partial charge >= 0.3 is 6.03 Å². The molecule has 0 spiro atoms. The van der Waals surface area contributed by atoms with Gasteiger partial charge in [0.2, 0.25) is 0 Å². The second-order valence-corrected chi connectivity index (χ2v) is 7.36. The highest BCUT2D eigenvalue weighted by molar-refractivity contribution is 6.39. The van der Waals surface area contributed by atoms with E-state index in [-0.39, 0.29) is 23.7 Å². The van der Waals surface area contributed by atoms with Crippen LogP contribution in [-0.2, 0) is 16.2 Å². The number of anilines is 1. The number of carbonyl (C=O) groups excluding carboxylic acids is 3. The summed E-state index contributed by atoms with van der Waals surface area (Å²) in [6, 6.07) is 18.1. The standard InChI is InChI=1S/C24H16ClFN2O4/c25-17-4-2-6-19(13-17)28-23(30)21(22(29)27-24(28)31)12-15-7-9-20(10-8-15)32-14-16-3-1-5-18(26)11-16/h1-13H,14H2,(H,27,29,31)/b21-12+. The van der Waals surface area contributed by atoms with Crippen LogP contribution in [0, 0.1) is 5.82 Å². The van der Waals surface area contributed by atoms with Crippen LogP contribution in [0.3, 0.4) is 0 Å². The van der Waals surface area contributed by atoms with E-state index in [1.807, 2.05) is 0 Å². The molecule has 1 N–H and O–H groups in total. The summed E-state index contributed by atoms with van der Waals surface area (Å²) in [5.74, 6) is -1.35. The number of rotatable bonds is 5. The zero-order valence-electron chi connectivity index (χ0n) is 16.5. The Bertz CT molecular complexity index is 1240. The van der Waals surface area contributed by atoms with E-state index in [2.05, 4.69) is 5.32 Å². The first kappa shape index (κ1) is 21.3. The molecule has 4 amide bonds. The number of carbonyl (C=O) groups is 3. The quantitative estimate of drug-likeness (QED) is 0.450. The number of hydrogen-bond acceptors (Lipinski definition) is 4. The van der Waals surface area contributed by atoms with Crippen molar-refractivity contribution in [2.45, 2.75) is 6.61 Å². The summed E-state index contributed by atoms with van der Waals surface area (Å²) < 4.78 is 18.9. The maximum absolute atomic E-state index is 13.3. The van der Waals surface area contributed by atoms with Gasteiger partial charge in [-0.25, -0.2) is 14.1 Å². The van der Waals surface area contributed by atoms with E-state index in [1.54, 1.807) is 54.6 Å². The van der Waals surface area contributed by atoms with Crippen LogP contribution in [0.5, 0.6) is 5.75 Å². The normalized spacial score (nSPS) is 15.1. The van der Waals surface area contributed by atoms with Gasteiger partial charge in [-0.05, 0) is 59.7 Å². The van der Waals surface area contributed by atoms with Crippen LogP contribution < -0.4 is 15.0 Å². The molecule has 0 saturated carbocycles. The highest BCUT2D eigenvalue weighted by Gasteiger charge is 2.36. The summed E-state index contributed by atoms with van der Waals surface area (Å²) in [5, 5.41) is 2.51. The van der Waals surface area contributed by atoms with Crippen LogP contribution in [0.1, 0.15) is 11.1 Å². The average Bonchev–Trinajstić information content (AvgIpc) is 2.76. The van der Waals surface area contributed by atoms with E-state index in [0.717, 1.165) is 4.90 Å². The number of amides is 4. The van der Waals surface area contributed by atoms with Gasteiger partial charge in [0.25, 0.3) is 11.8 Å². The lowest BCUT2D eigenvalue weighted by atomic mass is 10.1. The third kappa shape index (κ3) is 4.68. The molecule has 0 radical (unpaired) electrons. The number of barbiturate groups is 1. The lowest BCUT2D eigenvalue weighted by molar-refractivity contribution is -0.122. The lowest BCUT2D eigenvalue weighted by Gasteiger charge is -2.26. The van der Waals surface area contributed by atoms with Crippen LogP contribution in [-0.4, -0.2) is 17.8 Å². The van der Waals surface area contributed by atoms with Gasteiger partial charge in [-0.2, -0.15) is 0 Å². The molecule has 0 bridgehead atoms. The molecule has 0 aliphatic carbocycles. The molecule has 3 aromatic carbocycles. The molecule has 0 aromatic heterocycles. The molecule has 1 heterocycles. The fraction of sp³-hybridized carbons (Fsp3) is 0.0417. The molecule has 6 nitrogen and oxygen atoms in total. The van der Waals surface area contributed by atoms with Crippen LogP contribution in [0.25, 0.3) is 6.08 Å². The molecule has 0 atom stereocenters. The van der Waals surface area contributed by atoms with Crippen molar-refractivity contribution in [1.82, 2.24) is 5.32 Å². The van der Waals surface area contributed by atoms with E-state index in [0.29, 0.717) is 21.9 Å². The summed E-state index contributed by atoms with van der Waals surface area (Å²) in [6.07, 6.45) is 1.39. The Balaban J connectivity index is 1.52. The minimum absolute atomic E-state index is 0.190. The van der Waals surface area contributed by atoms with Crippen molar-refractivity contribution in [3.05, 3.63) is 100 Å². The van der Waals surface area contributed by atoms with Crippen molar-refractivity contribution in [3.8, 4) is 5.75 Å². The Morgan fingerprint density at radius 2 is 1.72 bits per heavy atom. The predicted molar refractivity (Wildman–Crippen MR) is 118 cm³/mol. The molecule has 0 unspecified atom stereocenters. The van der Waals surface area contributed by atoms with Gasteiger partial charge in [0, 0.05) is 5.02 Å². The van der Waals surface area contributed by atoms with Gasteiger partial charge in [-0.15, -0.1) is 0 Å². The van der Waals surface area contributed by atoms with Gasteiger partial charge < -0.3 is 4.74 Å². The number of nitrogens with one attached hydrogen (secondary N) is 1. The number of halogens is 2. The largest absolute Gasteiger partial charge is 0.489 e. The van der Waals surface area contributed by atoms with Crippen LogP contribution in [0.15, 0.2) is 78.4 Å². The Morgan fingerprint density at radius 1 is 0.969 bits per heavy atom. The Hall–Kier alpha value is -3.97. The van der Waals surface area contributed by atoms with Crippen molar-refractivity contribution in [1.29, 1.82) is 0 Å². The average molecular weight is 451 g/mol. The van der Waals surface area contributed by atoms with Crippen LogP contribution >= 0.6 is 11.6 Å². The maximum Gasteiger partial charge on any atom is 0.335 e. The Labute approximate surface area is 187 Å². The molecule has 32 heavy (non-hydrogen) atoms. The SMILES string of the molecule is O=C1NC(=O)N(c2cccc(Cl)c2)C(=O)/C1=C/c1ccc(OCc2cccc(F)c2)cc1. The number of benzene rings is 3. The van der Waals surface area contributed by atoms with Crippen molar-refractivity contribution in [2.75, 3.05) is 4.90 Å². The maximum atomic E-state index is 13.3. The zero-order valence-corrected chi connectivity index (χ0v) is 17.3. The summed E-state index contributed by atoms with van der Waals surface area (Å²) in [6.45, 7) is 0.190. The molecule has 1 fully saturated rings. The van der Waals surface area contributed by atoms with Gasteiger partial charge in [0.1, 0.15) is 23.7 Å². The molecule has 4 rings (SSSR count). The van der Waals surface area contributed by atoms with Gasteiger partial charge in [0.15, 0.2) is 0 Å². The van der Waals surface area contributed by atoms with Gasteiger partial charge in [0.05, 0.1) is 5.69 Å². The first-order chi connectivity index (χ1) is 15.4. The second kappa shape index (κ2) is 9.03. The summed E-state index contributed by atoms with van der Waals surface area (Å²) in [5.41, 5.74) is 1.30. The third-order valence-electron chi connectivity index (χ3n) is 4.65. The summed E-state index contributed by atoms with van der Waals surface area (Å²) in [7, 11) is 0. The highest BCUT2D eigenvalue weighted by Crippen LogP contribution is 2.25. The Kier molecular flexibility index (Phi) is 6.00. The topological polar surface area (TPSA) is 75.7 Å². The van der Waals surface area contributed by atoms with E-state index in [9.17, 15) is 18.8 Å². The highest BCUT2D eigenvalue weighted by atomic mass is 35.5. The van der Waals surface area contributed by atoms with Gasteiger partial charge in [-0.1, -0.05) is 41.9 Å². The first-order valence-corrected chi connectivity index (χ1v) is 9.93. The minimum Gasteiger partial charge on any atom is -0.489 e. The third-order valence-corrected chi connectivity index (χ3v) is 4.89. The van der Waals surface area contributed by atoms with Crippen molar-refractivity contribution in [3.63, 3.8) is 0 Å². The summed E-state index contributed by atoms with van der Waals surface area (Å²) >= 11 is 5.96. The molecular formula is C24H16ClFN2O4. The molecule has 1 aliphatic heterocycles. The van der Waals surface area contributed by atoms with E-state index < -0.39 is 17.8 Å². The Morgan fingerprint density at radius 3 is 2.44 bits per heavy atom. The van der Waals surface area contributed by atoms with Crippen molar-refractivity contribution >= 4 is 41.2 Å². The number of imide groups is 2. The van der Waals surface area contributed by atoms with Crippen LogP contribution in [0.2, 0.25) is 5.02 Å².